The molecule has 8 nitrogen and oxygen atoms in total. The molecule has 18 heavy (non-hydrogen) atoms. The fourth-order valence-corrected chi connectivity index (χ4v) is 1.87. The van der Waals surface area contributed by atoms with Gasteiger partial charge in [-0.3, -0.25) is 15.5 Å². The van der Waals surface area contributed by atoms with Gasteiger partial charge in [-0.15, -0.1) is 0 Å². The SMILES string of the molecule is Cc1nc(Cl)nc(NN2CCOCC2)c1[N+](=O)[O-]. The molecule has 0 radical (unpaired) electrons. The van der Waals surface area contributed by atoms with Crippen LogP contribution in [0.1, 0.15) is 5.69 Å². The number of nitrogens with one attached hydrogen (secondary N) is 1. The summed E-state index contributed by atoms with van der Waals surface area (Å²) in [6, 6.07) is 0. The number of aromatic nitrogens is 2. The summed E-state index contributed by atoms with van der Waals surface area (Å²) < 4.78 is 5.19. The Morgan fingerprint density at radius 1 is 1.44 bits per heavy atom. The number of hydrazine groups is 1. The Hall–Kier alpha value is -1.51. The molecular formula is C9H12ClN5O3. The van der Waals surface area contributed by atoms with Crippen molar-refractivity contribution in [2.75, 3.05) is 31.7 Å². The Bertz CT molecular complexity index is 464. The minimum atomic E-state index is -0.519. The fraction of sp³-hybridized carbons (Fsp3) is 0.556. The van der Waals surface area contributed by atoms with Crippen LogP contribution in [0.2, 0.25) is 5.28 Å². The molecule has 0 saturated carbocycles. The van der Waals surface area contributed by atoms with Gasteiger partial charge in [-0.05, 0) is 18.5 Å². The maximum atomic E-state index is 11.0. The lowest BCUT2D eigenvalue weighted by Crippen LogP contribution is -2.40. The zero-order chi connectivity index (χ0) is 13.1. The van der Waals surface area contributed by atoms with Gasteiger partial charge in [0.25, 0.3) is 0 Å². The maximum Gasteiger partial charge on any atom is 0.333 e. The lowest BCUT2D eigenvalue weighted by molar-refractivity contribution is -0.385. The first-order valence-corrected chi connectivity index (χ1v) is 5.73. The monoisotopic (exact) mass is 273 g/mol. The summed E-state index contributed by atoms with van der Waals surface area (Å²) in [5.74, 6) is 0.111. The molecule has 1 aliphatic rings. The highest BCUT2D eigenvalue weighted by Crippen LogP contribution is 2.26. The summed E-state index contributed by atoms with van der Waals surface area (Å²) in [6.07, 6.45) is 0. The molecule has 1 saturated heterocycles. The van der Waals surface area contributed by atoms with E-state index in [0.717, 1.165) is 0 Å². The van der Waals surface area contributed by atoms with E-state index in [9.17, 15) is 10.1 Å². The summed E-state index contributed by atoms with van der Waals surface area (Å²) in [7, 11) is 0. The molecule has 0 bridgehead atoms. The Labute approximate surface area is 108 Å². The molecule has 0 aromatic carbocycles. The van der Waals surface area contributed by atoms with Crippen LogP contribution < -0.4 is 5.43 Å². The van der Waals surface area contributed by atoms with E-state index in [-0.39, 0.29) is 22.5 Å². The first-order valence-electron chi connectivity index (χ1n) is 5.36. The number of halogens is 1. The van der Waals surface area contributed by atoms with Crippen LogP contribution in [0.15, 0.2) is 0 Å². The summed E-state index contributed by atoms with van der Waals surface area (Å²) in [5.41, 5.74) is 2.96. The summed E-state index contributed by atoms with van der Waals surface area (Å²) in [5, 5.41) is 12.8. The van der Waals surface area contributed by atoms with E-state index in [1.807, 2.05) is 0 Å². The molecule has 0 aliphatic carbocycles. The van der Waals surface area contributed by atoms with Gasteiger partial charge in [-0.1, -0.05) is 0 Å². The van der Waals surface area contributed by atoms with Crippen LogP contribution in [0.25, 0.3) is 0 Å². The van der Waals surface area contributed by atoms with Crippen molar-refractivity contribution >= 4 is 23.1 Å². The van der Waals surface area contributed by atoms with E-state index >= 15 is 0 Å². The first kappa shape index (κ1) is 12.9. The lowest BCUT2D eigenvalue weighted by Gasteiger charge is -2.27. The average molecular weight is 274 g/mol. The van der Waals surface area contributed by atoms with Gasteiger partial charge in [0.05, 0.1) is 18.1 Å². The second kappa shape index (κ2) is 5.42. The molecule has 0 amide bonds. The van der Waals surface area contributed by atoms with E-state index in [0.29, 0.717) is 26.3 Å². The van der Waals surface area contributed by atoms with Gasteiger partial charge in [-0.25, -0.2) is 9.99 Å². The standard InChI is InChI=1S/C9H12ClN5O3/c1-6-7(15(16)17)8(12-9(10)11-6)13-14-2-4-18-5-3-14/h2-5H2,1H3,(H,11,12,13). The van der Waals surface area contributed by atoms with Crippen molar-refractivity contribution in [1.29, 1.82) is 0 Å². The Morgan fingerprint density at radius 3 is 2.72 bits per heavy atom. The molecule has 0 atom stereocenters. The van der Waals surface area contributed by atoms with Crippen molar-refractivity contribution in [3.05, 3.63) is 21.1 Å². The second-order valence-corrected chi connectivity index (χ2v) is 4.08. The lowest BCUT2D eigenvalue weighted by atomic mass is 10.3. The van der Waals surface area contributed by atoms with Crippen LogP contribution in [0.4, 0.5) is 11.5 Å². The number of aryl methyl sites for hydroxylation is 1. The van der Waals surface area contributed by atoms with Crippen LogP contribution in [0.3, 0.4) is 0 Å². The molecule has 0 unspecified atom stereocenters. The predicted molar refractivity (Wildman–Crippen MR) is 64.4 cm³/mol. The molecule has 2 rings (SSSR count). The van der Waals surface area contributed by atoms with Crippen LogP contribution in [-0.4, -0.2) is 46.2 Å². The first-order chi connectivity index (χ1) is 8.58. The van der Waals surface area contributed by atoms with Gasteiger partial charge in [0, 0.05) is 13.1 Å². The van der Waals surface area contributed by atoms with Gasteiger partial charge in [-0.2, -0.15) is 4.98 Å². The van der Waals surface area contributed by atoms with Crippen molar-refractivity contribution in [2.24, 2.45) is 0 Å². The molecule has 2 heterocycles. The van der Waals surface area contributed by atoms with Crippen LogP contribution >= 0.6 is 11.6 Å². The van der Waals surface area contributed by atoms with E-state index in [4.69, 9.17) is 16.3 Å². The van der Waals surface area contributed by atoms with Crippen molar-refractivity contribution in [2.45, 2.75) is 6.92 Å². The Kier molecular flexibility index (Phi) is 3.90. The number of nitro groups is 1. The quantitative estimate of drug-likeness (QED) is 0.499. The van der Waals surface area contributed by atoms with Gasteiger partial charge < -0.3 is 4.74 Å². The molecule has 1 aliphatic heterocycles. The summed E-state index contributed by atoms with van der Waals surface area (Å²) in [6.45, 7) is 3.91. The summed E-state index contributed by atoms with van der Waals surface area (Å²) in [4.78, 5) is 18.1. The average Bonchev–Trinajstić information content (AvgIpc) is 2.28. The highest BCUT2D eigenvalue weighted by Gasteiger charge is 2.23. The van der Waals surface area contributed by atoms with E-state index in [1.54, 1.807) is 5.01 Å². The Balaban J connectivity index is 2.27. The molecule has 1 aromatic rings. The number of nitrogens with zero attached hydrogens (tertiary/aromatic N) is 4. The molecule has 9 heteroatoms. The zero-order valence-electron chi connectivity index (χ0n) is 9.72. The predicted octanol–water partition coefficient (Wildman–Crippen LogP) is 1.01. The topological polar surface area (TPSA) is 93.4 Å². The maximum absolute atomic E-state index is 11.0. The number of morpholine rings is 1. The number of anilines is 1. The molecule has 98 valence electrons. The number of rotatable bonds is 3. The zero-order valence-corrected chi connectivity index (χ0v) is 10.5. The third-order valence-electron chi connectivity index (χ3n) is 2.49. The molecule has 1 aromatic heterocycles. The van der Waals surface area contributed by atoms with E-state index < -0.39 is 4.92 Å². The van der Waals surface area contributed by atoms with Crippen molar-refractivity contribution in [1.82, 2.24) is 15.0 Å². The highest BCUT2D eigenvalue weighted by molar-refractivity contribution is 6.28. The van der Waals surface area contributed by atoms with Crippen molar-refractivity contribution in [3.63, 3.8) is 0 Å². The number of ether oxygens (including phenoxy) is 1. The largest absolute Gasteiger partial charge is 0.379 e. The fourth-order valence-electron chi connectivity index (χ4n) is 1.65. The van der Waals surface area contributed by atoms with E-state index in [1.165, 1.54) is 6.92 Å². The van der Waals surface area contributed by atoms with Gasteiger partial charge in [0.2, 0.25) is 11.1 Å². The van der Waals surface area contributed by atoms with Crippen LogP contribution in [0.5, 0.6) is 0 Å². The van der Waals surface area contributed by atoms with Crippen molar-refractivity contribution < 1.29 is 9.66 Å². The highest BCUT2D eigenvalue weighted by atomic mass is 35.5. The minimum absolute atomic E-state index is 0.0196. The second-order valence-electron chi connectivity index (χ2n) is 3.74. The van der Waals surface area contributed by atoms with Crippen molar-refractivity contribution in [3.8, 4) is 0 Å². The van der Waals surface area contributed by atoms with Gasteiger partial charge >= 0.3 is 5.69 Å². The third kappa shape index (κ3) is 2.84. The van der Waals surface area contributed by atoms with E-state index in [2.05, 4.69) is 15.4 Å². The minimum Gasteiger partial charge on any atom is -0.379 e. The third-order valence-corrected chi connectivity index (χ3v) is 2.66. The number of hydrogen-bond acceptors (Lipinski definition) is 7. The molecular weight excluding hydrogens is 262 g/mol. The van der Waals surface area contributed by atoms with Crippen LogP contribution in [-0.2, 0) is 4.74 Å². The smallest absolute Gasteiger partial charge is 0.333 e. The van der Waals surface area contributed by atoms with Gasteiger partial charge in [0.1, 0.15) is 5.69 Å². The number of hydrogen-bond donors (Lipinski definition) is 1. The molecule has 0 spiro atoms. The molecule has 1 N–H and O–H groups in total. The van der Waals surface area contributed by atoms with Gasteiger partial charge in [0.15, 0.2) is 0 Å². The Morgan fingerprint density at radius 2 is 2.11 bits per heavy atom. The molecule has 1 fully saturated rings. The normalized spacial score (nSPS) is 16.6. The van der Waals surface area contributed by atoms with Crippen LogP contribution in [0, 0.1) is 17.0 Å². The summed E-state index contributed by atoms with van der Waals surface area (Å²) >= 11 is 5.72.